The number of aromatic nitrogens is 5. The molecular weight excluding hydrogens is 861 g/mol. The molecule has 5 aromatic rings. The Morgan fingerprint density at radius 1 is 0.985 bits per heavy atom. The van der Waals surface area contributed by atoms with Crippen LogP contribution in [0.15, 0.2) is 87.5 Å². The number of carbonyl (C=O) groups excluding carboxylic acids is 2. The highest BCUT2D eigenvalue weighted by atomic mass is 19.3. The van der Waals surface area contributed by atoms with E-state index >= 15 is 0 Å². The Labute approximate surface area is 386 Å². The van der Waals surface area contributed by atoms with Gasteiger partial charge in [0, 0.05) is 85.0 Å². The molecule has 4 aliphatic heterocycles. The fourth-order valence-corrected chi connectivity index (χ4v) is 11.0. The second-order valence-corrected chi connectivity index (χ2v) is 18.8. The Hall–Kier alpha value is -6.24. The maximum Gasteiger partial charge on any atom is 0.278 e. The van der Waals surface area contributed by atoms with E-state index in [-0.39, 0.29) is 29.7 Å². The van der Waals surface area contributed by atoms with Crippen LogP contribution in [-0.4, -0.2) is 95.1 Å². The summed E-state index contributed by atoms with van der Waals surface area (Å²) in [7, 11) is 0. The van der Waals surface area contributed by atoms with E-state index in [4.69, 9.17) is 15.2 Å². The number of nitrogens with one attached hydrogen (secondary N) is 2. The minimum atomic E-state index is -1.89. The maximum atomic E-state index is 13.5. The van der Waals surface area contributed by atoms with Crippen molar-refractivity contribution in [3.63, 3.8) is 0 Å². The summed E-state index contributed by atoms with van der Waals surface area (Å²) in [5.74, 6) is -0.759. The number of fused-ring (bicyclic) bond motifs is 4. The zero-order valence-electron chi connectivity index (χ0n) is 37.9. The number of benzene rings is 2. The van der Waals surface area contributed by atoms with Gasteiger partial charge in [0.1, 0.15) is 16.7 Å². The van der Waals surface area contributed by atoms with Crippen LogP contribution in [0.5, 0.6) is 0 Å². The topological polar surface area (TPSA) is 193 Å². The summed E-state index contributed by atoms with van der Waals surface area (Å²) in [5.41, 5.74) is 12.0. The molecule has 3 atom stereocenters. The van der Waals surface area contributed by atoms with Crippen molar-refractivity contribution in [2.45, 2.75) is 121 Å². The predicted octanol–water partition coefficient (Wildman–Crippen LogP) is 6.49. The molecule has 0 bridgehead atoms. The van der Waals surface area contributed by atoms with Crippen molar-refractivity contribution in [1.82, 2.24) is 39.6 Å². The number of hydrogen-bond donors (Lipinski definition) is 4. The number of imide groups is 1. The molecular formula is C49H57F2N11O5. The second-order valence-electron chi connectivity index (χ2n) is 18.8. The lowest BCUT2D eigenvalue weighted by atomic mass is 9.92. The predicted molar refractivity (Wildman–Crippen MR) is 250 cm³/mol. The van der Waals surface area contributed by atoms with Crippen LogP contribution in [0.2, 0.25) is 0 Å². The van der Waals surface area contributed by atoms with Crippen molar-refractivity contribution in [2.24, 2.45) is 5.73 Å². The average Bonchev–Trinajstić information content (AvgIpc) is 4.10. The molecule has 0 spiro atoms. The summed E-state index contributed by atoms with van der Waals surface area (Å²) >= 11 is 0. The molecule has 0 saturated carbocycles. The number of halogens is 2. The SMILES string of the molecule is CC[C@@]1(O)CCC(/C=C\C(C)n2c3nc(Nc4ccc(N5CCC(N6CCC(N7Cc8ccc9c(C%10CCC(=O)NC%10=O)noc9c8C7)CC6)CC5)cc4)ncc3c(=O)n2CC=C(F)F)=C1N. The number of aliphatic hydroxyl groups is 1. The monoisotopic (exact) mass is 917 g/mol. The fraction of sp³-hybridized carbons (Fsp3) is 0.469. The number of piperidine rings is 3. The number of allylic oxidation sites excluding steroid dienone is 4. The van der Waals surface area contributed by atoms with Gasteiger partial charge in [-0.2, -0.15) is 13.8 Å². The first-order chi connectivity index (χ1) is 32.4. The van der Waals surface area contributed by atoms with E-state index in [1.807, 2.05) is 44.2 Å². The zero-order valence-corrected chi connectivity index (χ0v) is 37.9. The average molecular weight is 918 g/mol. The molecule has 2 aromatic carbocycles. The number of hydrogen-bond acceptors (Lipinski definition) is 13. The third kappa shape index (κ3) is 8.54. The summed E-state index contributed by atoms with van der Waals surface area (Å²) in [4.78, 5) is 54.6. The number of likely N-dealkylation sites (tertiary alicyclic amines) is 1. The molecule has 1 aliphatic carbocycles. The molecule has 3 saturated heterocycles. The van der Waals surface area contributed by atoms with Crippen molar-refractivity contribution in [3.05, 3.63) is 105 Å². The third-order valence-electron chi connectivity index (χ3n) is 15.0. The van der Waals surface area contributed by atoms with Crippen LogP contribution in [0.4, 0.5) is 26.1 Å². The molecule has 7 heterocycles. The van der Waals surface area contributed by atoms with E-state index in [1.165, 1.54) is 16.4 Å². The molecule has 16 nitrogen and oxygen atoms in total. The molecule has 3 aromatic heterocycles. The van der Waals surface area contributed by atoms with Crippen LogP contribution < -0.4 is 26.8 Å². The van der Waals surface area contributed by atoms with Crippen molar-refractivity contribution >= 4 is 51.1 Å². The fourth-order valence-electron chi connectivity index (χ4n) is 11.0. The van der Waals surface area contributed by atoms with Gasteiger partial charge in [0.2, 0.25) is 17.8 Å². The van der Waals surface area contributed by atoms with Gasteiger partial charge in [-0.1, -0.05) is 30.3 Å². The van der Waals surface area contributed by atoms with Gasteiger partial charge in [0.05, 0.1) is 18.5 Å². The molecule has 3 fully saturated rings. The Morgan fingerprint density at radius 2 is 1.73 bits per heavy atom. The van der Waals surface area contributed by atoms with Gasteiger partial charge in [0.15, 0.2) is 11.2 Å². The van der Waals surface area contributed by atoms with Gasteiger partial charge >= 0.3 is 0 Å². The van der Waals surface area contributed by atoms with Crippen LogP contribution in [-0.2, 0) is 29.2 Å². The lowest BCUT2D eigenvalue weighted by Crippen LogP contribution is -2.50. The van der Waals surface area contributed by atoms with Crippen molar-refractivity contribution in [3.8, 4) is 0 Å². The highest BCUT2D eigenvalue weighted by Gasteiger charge is 2.37. The smallest absolute Gasteiger partial charge is 0.278 e. The normalized spacial score (nSPS) is 22.9. The van der Waals surface area contributed by atoms with Gasteiger partial charge in [0.25, 0.3) is 11.6 Å². The van der Waals surface area contributed by atoms with E-state index in [1.54, 1.807) is 4.68 Å². The number of amides is 2. The highest BCUT2D eigenvalue weighted by molar-refractivity contribution is 6.02. The first kappa shape index (κ1) is 44.6. The minimum Gasteiger partial charge on any atom is -0.399 e. The zero-order chi connectivity index (χ0) is 46.6. The number of carbonyl (C=O) groups is 2. The lowest BCUT2D eigenvalue weighted by molar-refractivity contribution is -0.134. The third-order valence-corrected chi connectivity index (χ3v) is 15.0. The first-order valence-electron chi connectivity index (χ1n) is 23.6. The van der Waals surface area contributed by atoms with Crippen LogP contribution in [0.25, 0.3) is 22.0 Å². The summed E-state index contributed by atoms with van der Waals surface area (Å²) in [6, 6.07) is 12.8. The van der Waals surface area contributed by atoms with Gasteiger partial charge < -0.3 is 30.5 Å². The van der Waals surface area contributed by atoms with E-state index < -0.39 is 29.2 Å². The van der Waals surface area contributed by atoms with E-state index in [0.29, 0.717) is 67.3 Å². The minimum absolute atomic E-state index is 0.206. The summed E-state index contributed by atoms with van der Waals surface area (Å²) in [5, 5.41) is 22.0. The largest absolute Gasteiger partial charge is 0.399 e. The van der Waals surface area contributed by atoms with Gasteiger partial charge in [-0.15, -0.1) is 0 Å². The van der Waals surface area contributed by atoms with Crippen LogP contribution >= 0.6 is 0 Å². The van der Waals surface area contributed by atoms with Gasteiger partial charge in [-0.3, -0.25) is 29.3 Å². The Morgan fingerprint density at radius 3 is 2.45 bits per heavy atom. The molecule has 10 rings (SSSR count). The van der Waals surface area contributed by atoms with E-state index in [9.17, 15) is 28.3 Å². The molecule has 2 unspecified atom stereocenters. The van der Waals surface area contributed by atoms with E-state index in [0.717, 1.165) is 98.4 Å². The molecule has 352 valence electrons. The number of nitrogens with two attached hydrogens (primary N) is 1. The molecule has 2 amide bonds. The number of rotatable bonds is 12. The van der Waals surface area contributed by atoms with Gasteiger partial charge in [-0.25, -0.2) is 9.67 Å². The molecule has 18 heteroatoms. The van der Waals surface area contributed by atoms with Crippen molar-refractivity contribution in [2.75, 3.05) is 36.4 Å². The van der Waals surface area contributed by atoms with Crippen LogP contribution in [0, 0.1) is 0 Å². The molecule has 5 N–H and O–H groups in total. The second kappa shape index (κ2) is 18.1. The van der Waals surface area contributed by atoms with Crippen LogP contribution in [0.1, 0.15) is 100 Å². The Bertz CT molecular complexity index is 2870. The standard InChI is InChI=1S/C49H57F2N11O5/c1-3-49(66)20-14-30(44(49)52)5-4-29(2)62-45-38(47(65)61(62)25-19-40(50)51)26-53-48(56-45)54-32-7-9-33(10-8-32)58-21-15-34(16-22-58)59-23-17-35(18-24-59)60-27-31-6-11-36-42(57-67-43(36)39(31)28-60)37-12-13-41(63)55-46(37)64/h4-11,19,26,29,34-35,37,66H,3,12-18,20-25,27-28,52H2,1-2H3,(H,53,54,56)(H,55,63,64)/b5-4-/t29?,37?,49-/m1/s1. The van der Waals surface area contributed by atoms with Crippen LogP contribution in [0.3, 0.4) is 0 Å². The van der Waals surface area contributed by atoms with Crippen molar-refractivity contribution in [1.29, 1.82) is 0 Å². The Kier molecular flexibility index (Phi) is 12.0. The number of anilines is 3. The summed E-state index contributed by atoms with van der Waals surface area (Å²) < 4.78 is 35.3. The maximum absolute atomic E-state index is 13.5. The number of nitrogens with zero attached hydrogens (tertiary/aromatic N) is 8. The molecule has 67 heavy (non-hydrogen) atoms. The summed E-state index contributed by atoms with van der Waals surface area (Å²) in [6.07, 6.45) is 10.7. The molecule has 5 aliphatic rings. The molecule has 0 radical (unpaired) electrons. The Balaban J connectivity index is 0.742. The quantitative estimate of drug-likeness (QED) is 0.0994. The highest BCUT2D eigenvalue weighted by Crippen LogP contribution is 2.39. The first-order valence-corrected chi connectivity index (χ1v) is 23.6. The van der Waals surface area contributed by atoms with Gasteiger partial charge in [-0.05, 0) is 113 Å². The van der Waals surface area contributed by atoms with Crippen molar-refractivity contribution < 1.29 is 28.0 Å². The summed E-state index contributed by atoms with van der Waals surface area (Å²) in [6.45, 7) is 9.10. The lowest BCUT2D eigenvalue weighted by Gasteiger charge is -2.43. The van der Waals surface area contributed by atoms with E-state index in [2.05, 4.69) is 53.7 Å².